The van der Waals surface area contributed by atoms with Crippen molar-refractivity contribution in [3.63, 3.8) is 0 Å². The quantitative estimate of drug-likeness (QED) is 0.807. The molecule has 3 aromatic heterocycles. The lowest BCUT2D eigenvalue weighted by molar-refractivity contribution is 0.750. The number of pyridine rings is 2. The van der Waals surface area contributed by atoms with Gasteiger partial charge in [-0.15, -0.1) is 0 Å². The van der Waals surface area contributed by atoms with E-state index in [0.717, 1.165) is 17.0 Å². The van der Waals surface area contributed by atoms with Gasteiger partial charge in [-0.05, 0) is 37.1 Å². The van der Waals surface area contributed by atoms with Gasteiger partial charge in [0.2, 0.25) is 0 Å². The number of aryl methyl sites for hydroxylation is 1. The Bertz CT molecular complexity index is 887. The minimum absolute atomic E-state index is 0.114. The normalized spacial score (nSPS) is 15.3. The molecule has 6 nitrogen and oxygen atoms in total. The van der Waals surface area contributed by atoms with Crippen LogP contribution >= 0.6 is 0 Å². The van der Waals surface area contributed by atoms with E-state index in [1.807, 2.05) is 24.3 Å². The van der Waals surface area contributed by atoms with Gasteiger partial charge < -0.3 is 5.32 Å². The summed E-state index contributed by atoms with van der Waals surface area (Å²) in [5.74, 6) is 0.863. The Balaban J connectivity index is 1.71. The second-order valence-corrected chi connectivity index (χ2v) is 6.05. The molecule has 3 aromatic rings. The molecule has 118 valence electrons. The van der Waals surface area contributed by atoms with E-state index in [1.54, 1.807) is 28.6 Å². The molecule has 3 heterocycles. The van der Waals surface area contributed by atoms with Crippen LogP contribution in [0.2, 0.25) is 0 Å². The van der Waals surface area contributed by atoms with Crippen LogP contribution in [-0.2, 0) is 7.05 Å². The van der Waals surface area contributed by atoms with Crippen molar-refractivity contribution in [3.8, 4) is 5.69 Å². The zero-order valence-electron chi connectivity index (χ0n) is 13.1. The molecule has 1 saturated carbocycles. The Morgan fingerprint density at radius 2 is 2.00 bits per heavy atom. The zero-order valence-corrected chi connectivity index (χ0v) is 13.1. The van der Waals surface area contributed by atoms with Crippen molar-refractivity contribution in [2.24, 2.45) is 7.05 Å². The Kier molecular flexibility index (Phi) is 3.37. The summed E-state index contributed by atoms with van der Waals surface area (Å²) in [5, 5.41) is 3.46. The molecule has 1 aliphatic rings. The minimum atomic E-state index is -0.114. The average molecular weight is 309 g/mol. The number of anilines is 1. The molecule has 0 atom stereocenters. The monoisotopic (exact) mass is 309 g/mol. The summed E-state index contributed by atoms with van der Waals surface area (Å²) in [4.78, 5) is 21.3. The molecule has 0 aromatic carbocycles. The van der Waals surface area contributed by atoms with E-state index in [9.17, 15) is 4.79 Å². The van der Waals surface area contributed by atoms with Crippen molar-refractivity contribution in [1.82, 2.24) is 19.1 Å². The van der Waals surface area contributed by atoms with E-state index >= 15 is 0 Å². The van der Waals surface area contributed by atoms with Gasteiger partial charge in [-0.1, -0.05) is 12.8 Å². The van der Waals surface area contributed by atoms with Crippen molar-refractivity contribution in [3.05, 3.63) is 47.1 Å². The predicted molar refractivity (Wildman–Crippen MR) is 90.0 cm³/mol. The molecule has 0 radical (unpaired) electrons. The van der Waals surface area contributed by atoms with Crippen molar-refractivity contribution < 1.29 is 0 Å². The summed E-state index contributed by atoms with van der Waals surface area (Å²) in [6.45, 7) is 0. The van der Waals surface area contributed by atoms with Crippen LogP contribution in [0.25, 0.3) is 16.9 Å². The molecule has 0 bridgehead atoms. The number of nitrogens with zero attached hydrogens (tertiary/aromatic N) is 4. The molecule has 1 aliphatic carbocycles. The van der Waals surface area contributed by atoms with E-state index in [1.165, 1.54) is 25.7 Å². The number of rotatable bonds is 3. The first-order valence-electron chi connectivity index (χ1n) is 7.99. The molecule has 0 saturated heterocycles. The number of fused-ring (bicyclic) bond motifs is 1. The van der Waals surface area contributed by atoms with Gasteiger partial charge in [0, 0.05) is 19.3 Å². The fourth-order valence-corrected chi connectivity index (χ4v) is 3.28. The van der Waals surface area contributed by atoms with Crippen LogP contribution in [0.3, 0.4) is 0 Å². The molecular formula is C17H19N5O. The zero-order chi connectivity index (χ0) is 15.8. The van der Waals surface area contributed by atoms with Gasteiger partial charge in [0.25, 0.3) is 0 Å². The average Bonchev–Trinajstić information content (AvgIpc) is 3.17. The van der Waals surface area contributed by atoms with Crippen LogP contribution in [0.1, 0.15) is 25.7 Å². The van der Waals surface area contributed by atoms with Gasteiger partial charge in [0.15, 0.2) is 5.65 Å². The molecule has 4 rings (SSSR count). The third kappa shape index (κ3) is 2.40. The standard InChI is InChI=1S/C17H19N5O/c1-21-14-7-4-10-18-16(14)22(17(21)23)13-8-9-15(19-11-13)20-12-5-2-3-6-12/h4,7-12H,2-3,5-6H2,1H3,(H,19,20). The van der Waals surface area contributed by atoms with Gasteiger partial charge in [0.05, 0.1) is 17.4 Å². The SMILES string of the molecule is Cn1c(=O)n(-c2ccc(NC3CCCC3)nc2)c2ncccc21. The van der Waals surface area contributed by atoms with Crippen molar-refractivity contribution in [1.29, 1.82) is 0 Å². The minimum Gasteiger partial charge on any atom is -0.367 e. The number of hydrogen-bond donors (Lipinski definition) is 1. The molecular weight excluding hydrogens is 290 g/mol. The van der Waals surface area contributed by atoms with E-state index in [4.69, 9.17) is 0 Å². The topological polar surface area (TPSA) is 64.7 Å². The first kappa shape index (κ1) is 14.0. The Morgan fingerprint density at radius 3 is 2.74 bits per heavy atom. The molecule has 0 aliphatic heterocycles. The van der Waals surface area contributed by atoms with Crippen LogP contribution in [-0.4, -0.2) is 25.1 Å². The van der Waals surface area contributed by atoms with Crippen molar-refractivity contribution in [2.75, 3.05) is 5.32 Å². The highest BCUT2D eigenvalue weighted by atomic mass is 16.1. The summed E-state index contributed by atoms with van der Waals surface area (Å²) in [7, 11) is 1.76. The van der Waals surface area contributed by atoms with Gasteiger partial charge in [-0.2, -0.15) is 0 Å². The molecule has 23 heavy (non-hydrogen) atoms. The summed E-state index contributed by atoms with van der Waals surface area (Å²) in [5.41, 5.74) is 2.08. The molecule has 1 N–H and O–H groups in total. The van der Waals surface area contributed by atoms with Gasteiger partial charge in [-0.3, -0.25) is 4.57 Å². The number of hydrogen-bond acceptors (Lipinski definition) is 4. The first-order chi connectivity index (χ1) is 11.2. The number of aromatic nitrogens is 4. The number of imidazole rings is 1. The maximum atomic E-state index is 12.5. The lowest BCUT2D eigenvalue weighted by atomic mass is 10.2. The number of nitrogens with one attached hydrogen (secondary N) is 1. The highest BCUT2D eigenvalue weighted by molar-refractivity contribution is 5.73. The molecule has 6 heteroatoms. The maximum absolute atomic E-state index is 12.5. The molecule has 0 unspecified atom stereocenters. The Labute approximate surface area is 133 Å². The third-order valence-corrected chi connectivity index (χ3v) is 4.53. The maximum Gasteiger partial charge on any atom is 0.334 e. The van der Waals surface area contributed by atoms with E-state index in [-0.39, 0.29) is 5.69 Å². The van der Waals surface area contributed by atoms with Crippen LogP contribution in [0.5, 0.6) is 0 Å². The largest absolute Gasteiger partial charge is 0.367 e. The Hall–Kier alpha value is -2.63. The first-order valence-corrected chi connectivity index (χ1v) is 7.99. The fourth-order valence-electron chi connectivity index (χ4n) is 3.28. The van der Waals surface area contributed by atoms with Crippen LogP contribution in [0.15, 0.2) is 41.5 Å². The summed E-state index contributed by atoms with van der Waals surface area (Å²) in [6, 6.07) is 8.10. The highest BCUT2D eigenvalue weighted by Crippen LogP contribution is 2.22. The molecule has 1 fully saturated rings. The van der Waals surface area contributed by atoms with Gasteiger partial charge in [0.1, 0.15) is 5.82 Å². The predicted octanol–water partition coefficient (Wildman–Crippen LogP) is 2.47. The van der Waals surface area contributed by atoms with Crippen LogP contribution in [0.4, 0.5) is 5.82 Å². The van der Waals surface area contributed by atoms with Gasteiger partial charge in [-0.25, -0.2) is 19.3 Å². The second kappa shape index (κ2) is 5.53. The molecule has 0 amide bonds. The van der Waals surface area contributed by atoms with Crippen LogP contribution in [0, 0.1) is 0 Å². The fraction of sp³-hybridized carbons (Fsp3) is 0.353. The van der Waals surface area contributed by atoms with Crippen LogP contribution < -0.4 is 11.0 Å². The Morgan fingerprint density at radius 1 is 1.17 bits per heavy atom. The summed E-state index contributed by atoms with van der Waals surface area (Å²) < 4.78 is 3.20. The lowest BCUT2D eigenvalue weighted by Gasteiger charge is -2.12. The van der Waals surface area contributed by atoms with Gasteiger partial charge >= 0.3 is 5.69 Å². The van der Waals surface area contributed by atoms with Crippen molar-refractivity contribution >= 4 is 17.0 Å². The summed E-state index contributed by atoms with van der Waals surface area (Å²) in [6.07, 6.45) is 8.40. The smallest absolute Gasteiger partial charge is 0.334 e. The third-order valence-electron chi connectivity index (χ3n) is 4.53. The van der Waals surface area contributed by atoms with E-state index in [2.05, 4.69) is 15.3 Å². The molecule has 0 spiro atoms. The second-order valence-electron chi connectivity index (χ2n) is 6.05. The summed E-state index contributed by atoms with van der Waals surface area (Å²) >= 11 is 0. The van der Waals surface area contributed by atoms with E-state index < -0.39 is 0 Å². The van der Waals surface area contributed by atoms with E-state index in [0.29, 0.717) is 11.7 Å². The lowest BCUT2D eigenvalue weighted by Crippen LogP contribution is -2.21. The highest BCUT2D eigenvalue weighted by Gasteiger charge is 2.16. The van der Waals surface area contributed by atoms with Crippen molar-refractivity contribution in [2.45, 2.75) is 31.7 Å².